The minimum Gasteiger partial charge on any atom is -0.342 e. The van der Waals surface area contributed by atoms with Gasteiger partial charge in [-0.1, -0.05) is 25.1 Å². The number of carbonyl (C=O) groups is 1. The molecule has 0 aromatic carbocycles. The number of amides is 1. The molecule has 22 heavy (non-hydrogen) atoms. The summed E-state index contributed by atoms with van der Waals surface area (Å²) < 4.78 is 5.38. The van der Waals surface area contributed by atoms with Crippen molar-refractivity contribution in [2.24, 2.45) is 0 Å². The lowest BCUT2D eigenvalue weighted by Crippen LogP contribution is -2.38. The molecule has 0 unspecified atom stereocenters. The van der Waals surface area contributed by atoms with Crippen LogP contribution in [0.3, 0.4) is 0 Å². The number of thiophene rings is 1. The topological polar surface area (TPSA) is 59.2 Å². The Morgan fingerprint density at radius 2 is 2.23 bits per heavy atom. The number of rotatable bonds is 4. The van der Waals surface area contributed by atoms with E-state index in [1.165, 1.54) is 0 Å². The molecule has 2 aromatic rings. The van der Waals surface area contributed by atoms with Crippen molar-refractivity contribution >= 4 is 17.2 Å². The zero-order valence-corrected chi connectivity index (χ0v) is 13.8. The zero-order valence-electron chi connectivity index (χ0n) is 13.0. The molecule has 6 heteroatoms. The average molecular weight is 319 g/mol. The first-order chi connectivity index (χ1) is 10.6. The molecule has 0 bridgehead atoms. The summed E-state index contributed by atoms with van der Waals surface area (Å²) in [5, 5.41) is 6.04. The Hall–Kier alpha value is -1.69. The molecule has 0 saturated carbocycles. The number of nitrogens with zero attached hydrogens (tertiary/aromatic N) is 3. The van der Waals surface area contributed by atoms with Gasteiger partial charge in [0.15, 0.2) is 5.82 Å². The third-order valence-electron chi connectivity index (χ3n) is 4.08. The molecular weight excluding hydrogens is 298 g/mol. The fraction of sp³-hybridized carbons (Fsp3) is 0.562. The molecule has 1 aliphatic heterocycles. The molecule has 0 atom stereocenters. The highest BCUT2D eigenvalue weighted by Gasteiger charge is 2.27. The molecule has 1 amide bonds. The van der Waals surface area contributed by atoms with Crippen LogP contribution in [0, 0.1) is 0 Å². The van der Waals surface area contributed by atoms with Crippen LogP contribution in [0.25, 0.3) is 0 Å². The highest BCUT2D eigenvalue weighted by atomic mass is 32.1. The summed E-state index contributed by atoms with van der Waals surface area (Å²) in [7, 11) is 0. The van der Waals surface area contributed by atoms with Crippen LogP contribution in [-0.4, -0.2) is 34.0 Å². The van der Waals surface area contributed by atoms with Crippen molar-refractivity contribution in [2.45, 2.75) is 44.9 Å². The largest absolute Gasteiger partial charge is 0.342 e. The number of hydrogen-bond donors (Lipinski definition) is 0. The number of piperidine rings is 1. The van der Waals surface area contributed by atoms with E-state index in [1.807, 2.05) is 22.4 Å². The van der Waals surface area contributed by atoms with E-state index in [0.717, 1.165) is 42.5 Å². The molecule has 3 rings (SSSR count). The summed E-state index contributed by atoms with van der Waals surface area (Å²) in [5.41, 5.74) is 0. The predicted molar refractivity (Wildman–Crippen MR) is 85.0 cm³/mol. The van der Waals surface area contributed by atoms with Crippen LogP contribution >= 0.6 is 11.3 Å². The number of carbonyl (C=O) groups excluding carboxylic acids is 1. The van der Waals surface area contributed by atoms with Gasteiger partial charge >= 0.3 is 0 Å². The number of aromatic nitrogens is 2. The first-order valence-electron chi connectivity index (χ1n) is 7.77. The third-order valence-corrected chi connectivity index (χ3v) is 4.95. The van der Waals surface area contributed by atoms with Gasteiger partial charge in [-0.2, -0.15) is 4.98 Å². The van der Waals surface area contributed by atoms with Crippen molar-refractivity contribution in [3.05, 3.63) is 34.1 Å². The van der Waals surface area contributed by atoms with Crippen molar-refractivity contribution in [1.29, 1.82) is 0 Å². The van der Waals surface area contributed by atoms with Crippen molar-refractivity contribution in [3.8, 4) is 0 Å². The zero-order chi connectivity index (χ0) is 15.5. The van der Waals surface area contributed by atoms with Crippen molar-refractivity contribution < 1.29 is 9.32 Å². The predicted octanol–water partition coefficient (Wildman–Crippen LogP) is 3.20. The summed E-state index contributed by atoms with van der Waals surface area (Å²) in [6.07, 6.45) is 2.31. The van der Waals surface area contributed by atoms with Gasteiger partial charge in [-0.3, -0.25) is 4.79 Å². The Kier molecular flexibility index (Phi) is 4.57. The van der Waals surface area contributed by atoms with Crippen LogP contribution in [0.15, 0.2) is 22.0 Å². The molecule has 1 fully saturated rings. The molecular formula is C16H21N3O2S. The molecule has 1 saturated heterocycles. The Labute approximate surface area is 134 Å². The van der Waals surface area contributed by atoms with Crippen molar-refractivity contribution in [2.75, 3.05) is 13.1 Å². The Bertz CT molecular complexity index is 613. The van der Waals surface area contributed by atoms with E-state index in [0.29, 0.717) is 6.42 Å². The van der Waals surface area contributed by atoms with Gasteiger partial charge in [0.1, 0.15) is 0 Å². The lowest BCUT2D eigenvalue weighted by atomic mass is 9.96. The molecule has 3 heterocycles. The van der Waals surface area contributed by atoms with Crippen molar-refractivity contribution in [1.82, 2.24) is 15.0 Å². The molecule has 0 radical (unpaired) electrons. The second-order valence-electron chi connectivity index (χ2n) is 6.06. The Morgan fingerprint density at radius 1 is 1.45 bits per heavy atom. The maximum absolute atomic E-state index is 12.3. The summed E-state index contributed by atoms with van der Waals surface area (Å²) in [6, 6.07) is 4.00. The summed E-state index contributed by atoms with van der Waals surface area (Å²) in [5.74, 6) is 2.28. The maximum Gasteiger partial charge on any atom is 0.229 e. The van der Waals surface area contributed by atoms with E-state index < -0.39 is 0 Å². The molecule has 118 valence electrons. The number of hydrogen-bond acceptors (Lipinski definition) is 5. The molecule has 1 aliphatic rings. The van der Waals surface area contributed by atoms with E-state index in [9.17, 15) is 4.79 Å². The summed E-state index contributed by atoms with van der Waals surface area (Å²) in [4.78, 5) is 19.9. The van der Waals surface area contributed by atoms with Gasteiger partial charge in [-0.05, 0) is 24.3 Å². The average Bonchev–Trinajstić information content (AvgIpc) is 3.18. The highest BCUT2D eigenvalue weighted by molar-refractivity contribution is 7.10. The maximum atomic E-state index is 12.3. The fourth-order valence-electron chi connectivity index (χ4n) is 2.70. The fourth-order valence-corrected chi connectivity index (χ4v) is 3.39. The third kappa shape index (κ3) is 3.38. The van der Waals surface area contributed by atoms with Crippen LogP contribution in [0.4, 0.5) is 0 Å². The molecule has 0 aliphatic carbocycles. The standard InChI is InChI=1S/C16H21N3O2S/c1-11(2)15-17-16(21-18-15)12-5-7-19(8-6-12)14(20)10-13-4-3-9-22-13/h3-4,9,11-12H,5-8,10H2,1-2H3. The van der Waals surface area contributed by atoms with Gasteiger partial charge in [0.2, 0.25) is 11.8 Å². The SMILES string of the molecule is CC(C)c1noc(C2CCN(C(=O)Cc3cccs3)CC2)n1. The summed E-state index contributed by atoms with van der Waals surface area (Å²) >= 11 is 1.64. The highest BCUT2D eigenvalue weighted by Crippen LogP contribution is 2.28. The normalized spacial score (nSPS) is 16.4. The van der Waals surface area contributed by atoms with E-state index in [2.05, 4.69) is 24.0 Å². The van der Waals surface area contributed by atoms with Crippen LogP contribution in [0.5, 0.6) is 0 Å². The van der Waals surface area contributed by atoms with Gasteiger partial charge in [-0.25, -0.2) is 0 Å². The van der Waals surface area contributed by atoms with Gasteiger partial charge in [0.25, 0.3) is 0 Å². The van der Waals surface area contributed by atoms with Gasteiger partial charge in [0, 0.05) is 29.8 Å². The first-order valence-corrected chi connectivity index (χ1v) is 8.65. The van der Waals surface area contributed by atoms with Crippen LogP contribution < -0.4 is 0 Å². The van der Waals surface area contributed by atoms with E-state index >= 15 is 0 Å². The second-order valence-corrected chi connectivity index (χ2v) is 7.09. The first kappa shape index (κ1) is 15.2. The Morgan fingerprint density at radius 3 is 2.82 bits per heavy atom. The molecule has 0 spiro atoms. The van der Waals surface area contributed by atoms with Crippen LogP contribution in [0.2, 0.25) is 0 Å². The van der Waals surface area contributed by atoms with Crippen LogP contribution in [-0.2, 0) is 11.2 Å². The van der Waals surface area contributed by atoms with Crippen LogP contribution in [0.1, 0.15) is 55.1 Å². The monoisotopic (exact) mass is 319 g/mol. The van der Waals surface area contributed by atoms with E-state index in [1.54, 1.807) is 11.3 Å². The Balaban J connectivity index is 1.54. The summed E-state index contributed by atoms with van der Waals surface area (Å²) in [6.45, 7) is 5.66. The van der Waals surface area contributed by atoms with E-state index in [-0.39, 0.29) is 17.7 Å². The minimum atomic E-state index is 0.217. The molecule has 0 N–H and O–H groups in total. The van der Waals surface area contributed by atoms with Crippen molar-refractivity contribution in [3.63, 3.8) is 0 Å². The lowest BCUT2D eigenvalue weighted by molar-refractivity contribution is -0.131. The van der Waals surface area contributed by atoms with Gasteiger partial charge in [-0.15, -0.1) is 11.3 Å². The lowest BCUT2D eigenvalue weighted by Gasteiger charge is -2.30. The minimum absolute atomic E-state index is 0.217. The molecule has 2 aromatic heterocycles. The second kappa shape index (κ2) is 6.60. The number of likely N-dealkylation sites (tertiary alicyclic amines) is 1. The molecule has 5 nitrogen and oxygen atoms in total. The quantitative estimate of drug-likeness (QED) is 0.868. The van der Waals surface area contributed by atoms with Gasteiger partial charge < -0.3 is 9.42 Å². The smallest absolute Gasteiger partial charge is 0.229 e. The van der Waals surface area contributed by atoms with E-state index in [4.69, 9.17) is 4.52 Å². The van der Waals surface area contributed by atoms with Gasteiger partial charge in [0.05, 0.1) is 6.42 Å².